The lowest BCUT2D eigenvalue weighted by atomic mass is 10.0. The van der Waals surface area contributed by atoms with E-state index in [2.05, 4.69) is 5.32 Å². The first-order valence-electron chi connectivity index (χ1n) is 6.20. The molecule has 0 aliphatic heterocycles. The molecule has 1 aromatic rings. The van der Waals surface area contributed by atoms with E-state index in [4.69, 9.17) is 5.73 Å². The number of hydrogen-bond donors (Lipinski definition) is 2. The molecule has 0 atom stereocenters. The molecule has 1 fully saturated rings. The van der Waals surface area contributed by atoms with Gasteiger partial charge in [0, 0.05) is 12.8 Å². The summed E-state index contributed by atoms with van der Waals surface area (Å²) >= 11 is 0. The zero-order valence-electron chi connectivity index (χ0n) is 10.6. The Bertz CT molecular complexity index is 522. The molecule has 4 nitrogen and oxygen atoms in total. The van der Waals surface area contributed by atoms with Gasteiger partial charge < -0.3 is 11.1 Å². The monoisotopic (exact) mass is 268 g/mol. The van der Waals surface area contributed by atoms with E-state index in [1.165, 1.54) is 19.1 Å². The Morgan fingerprint density at radius 1 is 1.33 bits per heavy atom. The topological polar surface area (TPSA) is 72.2 Å². The van der Waals surface area contributed by atoms with Gasteiger partial charge in [-0.1, -0.05) is 12.1 Å². The smallest absolute Gasteiger partial charge is 0.177 e. The molecule has 0 radical (unpaired) electrons. The van der Waals surface area contributed by atoms with Crippen LogP contribution in [0.25, 0.3) is 0 Å². The van der Waals surface area contributed by atoms with Crippen molar-refractivity contribution in [2.75, 3.05) is 24.7 Å². The molecule has 3 N–H and O–H groups in total. The van der Waals surface area contributed by atoms with E-state index in [0.29, 0.717) is 22.5 Å². The number of nitrogens with one attached hydrogen (secondary N) is 1. The summed E-state index contributed by atoms with van der Waals surface area (Å²) in [5, 5.41) is 3.27. The van der Waals surface area contributed by atoms with E-state index in [1.54, 1.807) is 12.1 Å². The molecule has 1 aliphatic rings. The summed E-state index contributed by atoms with van der Waals surface area (Å²) in [4.78, 5) is 0.369. The number of para-hydroxylation sites is 1. The van der Waals surface area contributed by atoms with Crippen molar-refractivity contribution < 1.29 is 8.42 Å². The van der Waals surface area contributed by atoms with Gasteiger partial charge in [-0.2, -0.15) is 0 Å². The minimum atomic E-state index is -3.18. The van der Waals surface area contributed by atoms with Gasteiger partial charge in [0.25, 0.3) is 0 Å². The van der Waals surface area contributed by atoms with Crippen LogP contribution in [0.5, 0.6) is 0 Å². The number of rotatable bonds is 6. The third-order valence-electron chi connectivity index (χ3n) is 3.57. The zero-order valence-corrected chi connectivity index (χ0v) is 11.5. The van der Waals surface area contributed by atoms with Crippen molar-refractivity contribution in [2.24, 2.45) is 11.1 Å². The highest BCUT2D eigenvalue weighted by Gasteiger charge is 2.41. The molecule has 18 heavy (non-hydrogen) atoms. The van der Waals surface area contributed by atoms with Gasteiger partial charge in [0.1, 0.15) is 0 Å². The highest BCUT2D eigenvalue weighted by Crippen LogP contribution is 2.48. The molecule has 1 aliphatic carbocycles. The molecule has 0 unspecified atom stereocenters. The fourth-order valence-electron chi connectivity index (χ4n) is 2.22. The summed E-state index contributed by atoms with van der Waals surface area (Å²) in [6.07, 6.45) is 4.60. The lowest BCUT2D eigenvalue weighted by molar-refractivity contribution is 0.500. The van der Waals surface area contributed by atoms with E-state index >= 15 is 0 Å². The van der Waals surface area contributed by atoms with Crippen LogP contribution < -0.4 is 11.1 Å². The third kappa shape index (κ3) is 3.03. The summed E-state index contributed by atoms with van der Waals surface area (Å²) in [7, 11) is -3.18. The van der Waals surface area contributed by atoms with Crippen LogP contribution in [-0.4, -0.2) is 27.8 Å². The summed E-state index contributed by atoms with van der Waals surface area (Å²) in [5.41, 5.74) is 6.59. The summed E-state index contributed by atoms with van der Waals surface area (Å²) in [6, 6.07) is 7.04. The average Bonchev–Trinajstić information content (AvgIpc) is 3.07. The van der Waals surface area contributed by atoms with Crippen LogP contribution in [0.3, 0.4) is 0 Å². The first-order chi connectivity index (χ1) is 8.47. The second-order valence-corrected chi connectivity index (χ2v) is 7.14. The highest BCUT2D eigenvalue weighted by atomic mass is 32.2. The maximum atomic E-state index is 11.7. The van der Waals surface area contributed by atoms with Crippen LogP contribution in [0.1, 0.15) is 19.3 Å². The minimum Gasteiger partial charge on any atom is -0.383 e. The minimum absolute atomic E-state index is 0.291. The Labute approximate surface area is 108 Å². The SMILES string of the molecule is CS(=O)(=O)c1ccccc1NCC1(CCN)CC1. The van der Waals surface area contributed by atoms with E-state index in [1.807, 2.05) is 12.1 Å². The number of anilines is 1. The van der Waals surface area contributed by atoms with Gasteiger partial charge in [-0.15, -0.1) is 0 Å². The molecule has 5 heteroatoms. The van der Waals surface area contributed by atoms with Crippen LogP contribution in [0.4, 0.5) is 5.69 Å². The number of benzene rings is 1. The van der Waals surface area contributed by atoms with Crippen LogP contribution in [0.15, 0.2) is 29.2 Å². The third-order valence-corrected chi connectivity index (χ3v) is 4.73. The Kier molecular flexibility index (Phi) is 3.64. The van der Waals surface area contributed by atoms with Crippen molar-refractivity contribution in [1.29, 1.82) is 0 Å². The largest absolute Gasteiger partial charge is 0.383 e. The summed E-state index contributed by atoms with van der Waals surface area (Å²) < 4.78 is 23.3. The highest BCUT2D eigenvalue weighted by molar-refractivity contribution is 7.90. The van der Waals surface area contributed by atoms with Gasteiger partial charge in [-0.05, 0) is 43.4 Å². The van der Waals surface area contributed by atoms with Crippen LogP contribution in [0.2, 0.25) is 0 Å². The molecule has 0 heterocycles. The fraction of sp³-hybridized carbons (Fsp3) is 0.538. The molecular formula is C13H20N2O2S. The first-order valence-corrected chi connectivity index (χ1v) is 8.09. The van der Waals surface area contributed by atoms with Crippen LogP contribution in [0, 0.1) is 5.41 Å². The van der Waals surface area contributed by atoms with Crippen molar-refractivity contribution in [1.82, 2.24) is 0 Å². The van der Waals surface area contributed by atoms with E-state index < -0.39 is 9.84 Å². The molecule has 0 aromatic heterocycles. The second-order valence-electron chi connectivity index (χ2n) is 5.16. The van der Waals surface area contributed by atoms with Crippen molar-refractivity contribution >= 4 is 15.5 Å². The molecule has 0 amide bonds. The molecular weight excluding hydrogens is 248 g/mol. The predicted molar refractivity (Wildman–Crippen MR) is 73.4 cm³/mol. The van der Waals surface area contributed by atoms with Gasteiger partial charge >= 0.3 is 0 Å². The van der Waals surface area contributed by atoms with Crippen LogP contribution >= 0.6 is 0 Å². The van der Waals surface area contributed by atoms with Gasteiger partial charge in [-0.25, -0.2) is 8.42 Å². The standard InChI is InChI=1S/C13H20N2O2S/c1-18(16,17)12-5-3-2-4-11(12)15-10-13(6-7-13)8-9-14/h2-5,15H,6-10,14H2,1H3. The molecule has 0 saturated heterocycles. The fourth-order valence-corrected chi connectivity index (χ4v) is 3.08. The predicted octanol–water partition coefficient (Wildman–Crippen LogP) is 1.63. The number of nitrogens with two attached hydrogens (primary N) is 1. The van der Waals surface area contributed by atoms with E-state index in [-0.39, 0.29) is 0 Å². The van der Waals surface area contributed by atoms with Gasteiger partial charge in [0.15, 0.2) is 9.84 Å². The number of sulfone groups is 1. The number of hydrogen-bond acceptors (Lipinski definition) is 4. The second kappa shape index (κ2) is 4.90. The summed E-state index contributed by atoms with van der Waals surface area (Å²) in [5.74, 6) is 0. The molecule has 2 rings (SSSR count). The van der Waals surface area contributed by atoms with E-state index in [0.717, 1.165) is 13.0 Å². The Hall–Kier alpha value is -1.07. The van der Waals surface area contributed by atoms with Gasteiger partial charge in [0.2, 0.25) is 0 Å². The lowest BCUT2D eigenvalue weighted by Crippen LogP contribution is -2.20. The zero-order chi connectivity index (χ0) is 13.2. The van der Waals surface area contributed by atoms with Crippen LogP contribution in [-0.2, 0) is 9.84 Å². The Morgan fingerprint density at radius 2 is 2.00 bits per heavy atom. The average molecular weight is 268 g/mol. The van der Waals surface area contributed by atoms with E-state index in [9.17, 15) is 8.42 Å². The summed E-state index contributed by atoms with van der Waals surface area (Å²) in [6.45, 7) is 1.49. The quantitative estimate of drug-likeness (QED) is 0.822. The Balaban J connectivity index is 2.11. The van der Waals surface area contributed by atoms with Crippen molar-refractivity contribution in [3.8, 4) is 0 Å². The molecule has 1 aromatic carbocycles. The van der Waals surface area contributed by atoms with Crippen molar-refractivity contribution in [2.45, 2.75) is 24.2 Å². The molecule has 0 spiro atoms. The first kappa shape index (κ1) is 13.4. The van der Waals surface area contributed by atoms with Gasteiger partial charge in [-0.3, -0.25) is 0 Å². The Morgan fingerprint density at radius 3 is 2.56 bits per heavy atom. The molecule has 1 saturated carbocycles. The maximum Gasteiger partial charge on any atom is 0.177 e. The molecule has 0 bridgehead atoms. The normalized spacial score (nSPS) is 17.4. The van der Waals surface area contributed by atoms with Gasteiger partial charge in [0.05, 0.1) is 10.6 Å². The lowest BCUT2D eigenvalue weighted by Gasteiger charge is -2.17. The maximum absolute atomic E-state index is 11.7. The molecule has 100 valence electrons. The van der Waals surface area contributed by atoms with Crippen molar-refractivity contribution in [3.05, 3.63) is 24.3 Å². The van der Waals surface area contributed by atoms with Crippen molar-refractivity contribution in [3.63, 3.8) is 0 Å².